The molecule has 0 saturated heterocycles. The topological polar surface area (TPSA) is 87.5 Å². The standard InChI is InChI=1S/C20H26N4O2/c21-24(13-11-19(25)22-15-17-7-3-1-4-8-17)14-12-20(26)23-16-18-9-5-2-6-10-18/h1-10H,11-16,21H2,(H,22,25)(H,23,26). The first-order chi connectivity index (χ1) is 12.6. The Morgan fingerprint density at radius 2 is 1.12 bits per heavy atom. The molecule has 0 radical (unpaired) electrons. The Morgan fingerprint density at radius 3 is 1.50 bits per heavy atom. The third kappa shape index (κ3) is 7.92. The summed E-state index contributed by atoms with van der Waals surface area (Å²) in [7, 11) is 0. The van der Waals surface area contributed by atoms with Gasteiger partial charge in [0.15, 0.2) is 0 Å². The van der Waals surface area contributed by atoms with E-state index in [1.165, 1.54) is 5.01 Å². The van der Waals surface area contributed by atoms with Gasteiger partial charge in [-0.25, -0.2) is 5.01 Å². The summed E-state index contributed by atoms with van der Waals surface area (Å²) < 4.78 is 0. The van der Waals surface area contributed by atoms with Crippen molar-refractivity contribution in [2.75, 3.05) is 13.1 Å². The SMILES string of the molecule is NN(CCC(=O)NCc1ccccc1)CCC(=O)NCc1ccccc1. The van der Waals surface area contributed by atoms with Gasteiger partial charge in [-0.15, -0.1) is 0 Å². The highest BCUT2D eigenvalue weighted by molar-refractivity contribution is 5.76. The van der Waals surface area contributed by atoms with Crippen molar-refractivity contribution in [2.24, 2.45) is 5.84 Å². The highest BCUT2D eigenvalue weighted by Crippen LogP contribution is 1.99. The van der Waals surface area contributed by atoms with Gasteiger partial charge in [0, 0.05) is 39.0 Å². The number of nitrogens with zero attached hydrogens (tertiary/aromatic N) is 1. The first-order valence-corrected chi connectivity index (χ1v) is 8.74. The van der Waals surface area contributed by atoms with Crippen molar-refractivity contribution in [3.63, 3.8) is 0 Å². The Kier molecular flexibility index (Phi) is 8.32. The Hall–Kier alpha value is -2.70. The van der Waals surface area contributed by atoms with E-state index in [1.54, 1.807) is 0 Å². The van der Waals surface area contributed by atoms with Crippen LogP contribution in [0.1, 0.15) is 24.0 Å². The maximum absolute atomic E-state index is 11.8. The minimum absolute atomic E-state index is 0.0576. The van der Waals surface area contributed by atoms with Gasteiger partial charge in [-0.3, -0.25) is 15.4 Å². The van der Waals surface area contributed by atoms with Gasteiger partial charge >= 0.3 is 0 Å². The monoisotopic (exact) mass is 354 g/mol. The van der Waals surface area contributed by atoms with Crippen molar-refractivity contribution < 1.29 is 9.59 Å². The van der Waals surface area contributed by atoms with Crippen LogP contribution >= 0.6 is 0 Å². The zero-order valence-electron chi connectivity index (χ0n) is 14.9. The Labute approximate surface area is 154 Å². The van der Waals surface area contributed by atoms with Gasteiger partial charge in [-0.2, -0.15) is 0 Å². The molecule has 2 aromatic rings. The normalized spacial score (nSPS) is 10.5. The van der Waals surface area contributed by atoms with Crippen LogP contribution in [-0.2, 0) is 22.7 Å². The summed E-state index contributed by atoms with van der Waals surface area (Å²) in [5.41, 5.74) is 2.11. The molecule has 0 aliphatic carbocycles. The van der Waals surface area contributed by atoms with Crippen LogP contribution in [0.25, 0.3) is 0 Å². The number of rotatable bonds is 10. The van der Waals surface area contributed by atoms with Crippen molar-refractivity contribution in [1.82, 2.24) is 15.6 Å². The highest BCUT2D eigenvalue weighted by Gasteiger charge is 2.08. The first kappa shape index (κ1) is 19.6. The molecular formula is C20H26N4O2. The quantitative estimate of drug-likeness (QED) is 0.446. The Morgan fingerprint density at radius 1 is 0.731 bits per heavy atom. The molecule has 0 spiro atoms. The number of hydrogen-bond donors (Lipinski definition) is 3. The van der Waals surface area contributed by atoms with E-state index in [0.29, 0.717) is 39.0 Å². The highest BCUT2D eigenvalue weighted by atomic mass is 16.2. The van der Waals surface area contributed by atoms with Gasteiger partial charge in [0.2, 0.25) is 11.8 Å². The second-order valence-electron chi connectivity index (χ2n) is 6.06. The number of hydrogen-bond acceptors (Lipinski definition) is 4. The van der Waals surface area contributed by atoms with Crippen molar-refractivity contribution in [1.29, 1.82) is 0 Å². The summed E-state index contributed by atoms with van der Waals surface area (Å²) in [4.78, 5) is 23.7. The smallest absolute Gasteiger partial charge is 0.221 e. The van der Waals surface area contributed by atoms with E-state index < -0.39 is 0 Å². The van der Waals surface area contributed by atoms with Gasteiger partial charge < -0.3 is 10.6 Å². The number of nitrogens with one attached hydrogen (secondary N) is 2. The molecule has 0 bridgehead atoms. The van der Waals surface area contributed by atoms with E-state index in [4.69, 9.17) is 5.84 Å². The second kappa shape index (κ2) is 11.0. The van der Waals surface area contributed by atoms with E-state index in [9.17, 15) is 9.59 Å². The molecule has 0 heterocycles. The lowest BCUT2D eigenvalue weighted by molar-refractivity contribution is -0.121. The average Bonchev–Trinajstić information content (AvgIpc) is 2.69. The molecule has 6 nitrogen and oxygen atoms in total. The summed E-state index contributed by atoms with van der Waals surface area (Å²) in [5, 5.41) is 7.22. The summed E-state index contributed by atoms with van der Waals surface area (Å²) in [6.45, 7) is 1.83. The largest absolute Gasteiger partial charge is 0.352 e. The maximum Gasteiger partial charge on any atom is 0.221 e. The molecule has 0 unspecified atom stereocenters. The summed E-state index contributed by atoms with van der Waals surface area (Å²) >= 11 is 0. The Bertz CT molecular complexity index is 617. The van der Waals surface area contributed by atoms with Gasteiger partial charge in [0.1, 0.15) is 0 Å². The molecule has 4 N–H and O–H groups in total. The van der Waals surface area contributed by atoms with E-state index >= 15 is 0 Å². The van der Waals surface area contributed by atoms with Gasteiger partial charge in [0.05, 0.1) is 0 Å². The number of amides is 2. The minimum Gasteiger partial charge on any atom is -0.352 e. The van der Waals surface area contributed by atoms with Gasteiger partial charge in [-0.05, 0) is 11.1 Å². The van der Waals surface area contributed by atoms with Crippen molar-refractivity contribution in [2.45, 2.75) is 25.9 Å². The van der Waals surface area contributed by atoms with Crippen LogP contribution in [0.4, 0.5) is 0 Å². The zero-order valence-corrected chi connectivity index (χ0v) is 14.9. The number of benzene rings is 2. The molecule has 2 aromatic carbocycles. The lowest BCUT2D eigenvalue weighted by Gasteiger charge is -2.16. The van der Waals surface area contributed by atoms with Crippen LogP contribution in [0.2, 0.25) is 0 Å². The van der Waals surface area contributed by atoms with Gasteiger partial charge in [-0.1, -0.05) is 60.7 Å². The molecule has 0 atom stereocenters. The summed E-state index contributed by atoms with van der Waals surface area (Å²) in [6, 6.07) is 19.5. The summed E-state index contributed by atoms with van der Waals surface area (Å²) in [5.74, 6) is 5.74. The molecule has 2 rings (SSSR count). The third-order valence-electron chi connectivity index (χ3n) is 3.92. The first-order valence-electron chi connectivity index (χ1n) is 8.74. The van der Waals surface area contributed by atoms with Gasteiger partial charge in [0.25, 0.3) is 0 Å². The molecule has 0 aromatic heterocycles. The molecule has 2 amide bonds. The average molecular weight is 354 g/mol. The lowest BCUT2D eigenvalue weighted by atomic mass is 10.2. The number of nitrogens with two attached hydrogens (primary N) is 1. The lowest BCUT2D eigenvalue weighted by Crippen LogP contribution is -2.38. The van der Waals surface area contributed by atoms with Crippen LogP contribution in [0.15, 0.2) is 60.7 Å². The van der Waals surface area contributed by atoms with Crippen molar-refractivity contribution in [3.8, 4) is 0 Å². The molecule has 26 heavy (non-hydrogen) atoms. The van der Waals surface area contributed by atoms with Crippen LogP contribution < -0.4 is 16.5 Å². The molecule has 0 fully saturated rings. The zero-order chi connectivity index (χ0) is 18.6. The second-order valence-corrected chi connectivity index (χ2v) is 6.06. The molecular weight excluding hydrogens is 328 g/mol. The molecule has 6 heteroatoms. The molecule has 0 aliphatic rings. The maximum atomic E-state index is 11.8. The third-order valence-corrected chi connectivity index (χ3v) is 3.92. The van der Waals surface area contributed by atoms with E-state index in [-0.39, 0.29) is 11.8 Å². The fourth-order valence-corrected chi connectivity index (χ4v) is 2.37. The predicted octanol–water partition coefficient (Wildman–Crippen LogP) is 1.58. The fourth-order valence-electron chi connectivity index (χ4n) is 2.37. The van der Waals surface area contributed by atoms with Crippen LogP contribution in [0.3, 0.4) is 0 Å². The van der Waals surface area contributed by atoms with Crippen molar-refractivity contribution in [3.05, 3.63) is 71.8 Å². The number of carbonyl (C=O) groups excluding carboxylic acids is 2. The van der Waals surface area contributed by atoms with E-state index in [1.807, 2.05) is 60.7 Å². The Balaban J connectivity index is 1.55. The van der Waals surface area contributed by atoms with Crippen LogP contribution in [-0.4, -0.2) is 29.9 Å². The van der Waals surface area contributed by atoms with Crippen LogP contribution in [0, 0.1) is 0 Å². The van der Waals surface area contributed by atoms with Crippen LogP contribution in [0.5, 0.6) is 0 Å². The van der Waals surface area contributed by atoms with E-state index in [0.717, 1.165) is 11.1 Å². The molecule has 0 aliphatic heterocycles. The number of carbonyl (C=O) groups is 2. The predicted molar refractivity (Wildman–Crippen MR) is 102 cm³/mol. The number of hydrazine groups is 1. The fraction of sp³-hybridized carbons (Fsp3) is 0.300. The molecule has 138 valence electrons. The minimum atomic E-state index is -0.0576. The van der Waals surface area contributed by atoms with Crippen molar-refractivity contribution >= 4 is 11.8 Å². The molecule has 0 saturated carbocycles. The van der Waals surface area contributed by atoms with E-state index in [2.05, 4.69) is 10.6 Å². The summed E-state index contributed by atoms with van der Waals surface area (Å²) in [6.07, 6.45) is 0.601.